The molecule has 0 aliphatic heterocycles. The number of hydrogen-bond donors (Lipinski definition) is 1. The van der Waals surface area contributed by atoms with Crippen LogP contribution >= 0.6 is 23.1 Å². The molecule has 0 amide bonds. The van der Waals surface area contributed by atoms with Gasteiger partial charge < -0.3 is 5.32 Å². The molecule has 0 atom stereocenters. The highest BCUT2D eigenvalue weighted by molar-refractivity contribution is 7.98. The molecule has 2 aromatic rings. The van der Waals surface area contributed by atoms with E-state index in [9.17, 15) is 0 Å². The lowest BCUT2D eigenvalue weighted by atomic mass is 10.3. The van der Waals surface area contributed by atoms with Crippen LogP contribution in [-0.4, -0.2) is 11.2 Å². The third-order valence-corrected chi connectivity index (χ3v) is 3.62. The summed E-state index contributed by atoms with van der Waals surface area (Å²) in [6, 6.07) is 8.34. The average molecular weight is 236 g/mol. The molecule has 0 fully saturated rings. The largest absolute Gasteiger partial charge is 0.379 e. The molecule has 15 heavy (non-hydrogen) atoms. The first kappa shape index (κ1) is 10.5. The maximum Gasteiger partial charge on any atom is 0.0794 e. The van der Waals surface area contributed by atoms with Gasteiger partial charge in [-0.2, -0.15) is 0 Å². The molecule has 0 saturated heterocycles. The van der Waals surface area contributed by atoms with Gasteiger partial charge in [-0.25, -0.2) is 0 Å². The van der Waals surface area contributed by atoms with Crippen molar-refractivity contribution >= 4 is 28.8 Å². The van der Waals surface area contributed by atoms with Gasteiger partial charge in [0, 0.05) is 21.7 Å². The molecular weight excluding hydrogens is 224 g/mol. The third kappa shape index (κ3) is 2.73. The van der Waals surface area contributed by atoms with Crippen molar-refractivity contribution in [1.29, 1.82) is 0 Å². The van der Waals surface area contributed by atoms with Crippen LogP contribution in [0.2, 0.25) is 0 Å². The van der Waals surface area contributed by atoms with E-state index < -0.39 is 0 Å². The summed E-state index contributed by atoms with van der Waals surface area (Å²) in [5.41, 5.74) is 3.05. The molecule has 1 heterocycles. The van der Waals surface area contributed by atoms with Gasteiger partial charge in [-0.1, -0.05) is 12.1 Å². The SMILES string of the molecule is CSc1ccccc1NCc1cncs1. The average Bonchev–Trinajstić information content (AvgIpc) is 2.79. The van der Waals surface area contributed by atoms with Gasteiger partial charge in [0.05, 0.1) is 12.1 Å². The van der Waals surface area contributed by atoms with E-state index in [1.165, 1.54) is 15.5 Å². The van der Waals surface area contributed by atoms with Crippen LogP contribution in [-0.2, 0) is 6.54 Å². The van der Waals surface area contributed by atoms with Crippen LogP contribution in [0.1, 0.15) is 4.88 Å². The van der Waals surface area contributed by atoms with Crippen LogP contribution in [0.25, 0.3) is 0 Å². The van der Waals surface area contributed by atoms with Crippen molar-refractivity contribution < 1.29 is 0 Å². The molecule has 78 valence electrons. The summed E-state index contributed by atoms with van der Waals surface area (Å²) >= 11 is 3.43. The van der Waals surface area contributed by atoms with Crippen LogP contribution in [0.15, 0.2) is 40.9 Å². The highest BCUT2D eigenvalue weighted by atomic mass is 32.2. The Labute approximate surface area is 97.8 Å². The minimum absolute atomic E-state index is 0.849. The number of para-hydroxylation sites is 1. The molecule has 0 aliphatic rings. The van der Waals surface area contributed by atoms with Crippen molar-refractivity contribution in [2.75, 3.05) is 11.6 Å². The number of hydrogen-bond acceptors (Lipinski definition) is 4. The van der Waals surface area contributed by atoms with Crippen LogP contribution in [0.5, 0.6) is 0 Å². The minimum atomic E-state index is 0.849. The number of rotatable bonds is 4. The number of thioether (sulfide) groups is 1. The number of anilines is 1. The molecular formula is C11H12N2S2. The van der Waals surface area contributed by atoms with Crippen molar-refractivity contribution in [3.8, 4) is 0 Å². The fourth-order valence-corrected chi connectivity index (χ4v) is 2.41. The van der Waals surface area contributed by atoms with E-state index in [2.05, 4.69) is 40.8 Å². The zero-order chi connectivity index (χ0) is 10.5. The Morgan fingerprint density at radius 1 is 1.40 bits per heavy atom. The summed E-state index contributed by atoms with van der Waals surface area (Å²) in [6.45, 7) is 0.849. The van der Waals surface area contributed by atoms with Crippen molar-refractivity contribution in [3.63, 3.8) is 0 Å². The Kier molecular flexibility index (Phi) is 3.64. The molecule has 0 bridgehead atoms. The second kappa shape index (κ2) is 5.19. The molecule has 0 saturated carbocycles. The van der Waals surface area contributed by atoms with E-state index in [0.717, 1.165) is 6.54 Å². The van der Waals surface area contributed by atoms with Crippen LogP contribution in [0.3, 0.4) is 0 Å². The fraction of sp³-hybridized carbons (Fsp3) is 0.182. The summed E-state index contributed by atoms with van der Waals surface area (Å²) in [6.07, 6.45) is 3.99. The van der Waals surface area contributed by atoms with Crippen molar-refractivity contribution in [3.05, 3.63) is 40.8 Å². The van der Waals surface area contributed by atoms with E-state index in [1.54, 1.807) is 23.1 Å². The lowest BCUT2D eigenvalue weighted by Crippen LogP contribution is -1.98. The predicted molar refractivity (Wildman–Crippen MR) is 67.7 cm³/mol. The number of nitrogens with one attached hydrogen (secondary N) is 1. The van der Waals surface area contributed by atoms with E-state index in [4.69, 9.17) is 0 Å². The zero-order valence-electron chi connectivity index (χ0n) is 8.43. The molecule has 0 aliphatic carbocycles. The van der Waals surface area contributed by atoms with Gasteiger partial charge in [0.2, 0.25) is 0 Å². The third-order valence-electron chi connectivity index (χ3n) is 2.04. The molecule has 1 aromatic heterocycles. The number of benzene rings is 1. The normalized spacial score (nSPS) is 10.2. The monoisotopic (exact) mass is 236 g/mol. The van der Waals surface area contributed by atoms with Crippen LogP contribution in [0.4, 0.5) is 5.69 Å². The molecule has 1 N–H and O–H groups in total. The molecule has 2 nitrogen and oxygen atoms in total. The Morgan fingerprint density at radius 2 is 2.27 bits per heavy atom. The lowest BCUT2D eigenvalue weighted by Gasteiger charge is -2.08. The van der Waals surface area contributed by atoms with Crippen LogP contribution in [0, 0.1) is 0 Å². The number of thiazole rings is 1. The van der Waals surface area contributed by atoms with E-state index in [0.29, 0.717) is 0 Å². The first-order valence-electron chi connectivity index (χ1n) is 4.64. The minimum Gasteiger partial charge on any atom is -0.379 e. The molecule has 2 rings (SSSR count). The molecule has 1 aromatic carbocycles. The van der Waals surface area contributed by atoms with Gasteiger partial charge in [-0.15, -0.1) is 23.1 Å². The van der Waals surface area contributed by atoms with E-state index >= 15 is 0 Å². The molecule has 4 heteroatoms. The quantitative estimate of drug-likeness (QED) is 0.823. The summed E-state index contributed by atoms with van der Waals surface area (Å²) in [4.78, 5) is 6.59. The highest BCUT2D eigenvalue weighted by Gasteiger charge is 2.00. The van der Waals surface area contributed by atoms with Gasteiger partial charge in [0.1, 0.15) is 0 Å². The molecule has 0 spiro atoms. The first-order valence-corrected chi connectivity index (χ1v) is 6.75. The summed E-state index contributed by atoms with van der Waals surface area (Å²) < 4.78 is 0. The summed E-state index contributed by atoms with van der Waals surface area (Å²) in [7, 11) is 0. The Hall–Kier alpha value is -1.00. The Morgan fingerprint density at radius 3 is 3.00 bits per heavy atom. The number of aromatic nitrogens is 1. The standard InChI is InChI=1S/C11H12N2S2/c1-14-11-5-3-2-4-10(11)13-7-9-6-12-8-15-9/h2-6,8,13H,7H2,1H3. The maximum atomic E-state index is 4.05. The lowest BCUT2D eigenvalue weighted by molar-refractivity contribution is 1.15. The predicted octanol–water partition coefficient (Wildman–Crippen LogP) is 3.48. The smallest absolute Gasteiger partial charge is 0.0794 e. The first-order chi connectivity index (χ1) is 7.40. The van der Waals surface area contributed by atoms with Gasteiger partial charge in [-0.05, 0) is 18.4 Å². The highest BCUT2D eigenvalue weighted by Crippen LogP contribution is 2.25. The van der Waals surface area contributed by atoms with Gasteiger partial charge in [-0.3, -0.25) is 4.98 Å². The number of nitrogens with zero attached hydrogens (tertiary/aromatic N) is 1. The van der Waals surface area contributed by atoms with E-state index in [1.807, 2.05) is 11.7 Å². The van der Waals surface area contributed by atoms with Crippen molar-refractivity contribution in [2.45, 2.75) is 11.4 Å². The van der Waals surface area contributed by atoms with Crippen LogP contribution < -0.4 is 5.32 Å². The second-order valence-electron chi connectivity index (χ2n) is 3.02. The van der Waals surface area contributed by atoms with Crippen molar-refractivity contribution in [2.24, 2.45) is 0 Å². The summed E-state index contributed by atoms with van der Waals surface area (Å²) in [5, 5.41) is 3.42. The Balaban J connectivity index is 2.04. The molecule has 0 unspecified atom stereocenters. The second-order valence-corrected chi connectivity index (χ2v) is 4.84. The molecule has 0 radical (unpaired) electrons. The fourth-order valence-electron chi connectivity index (χ4n) is 1.30. The zero-order valence-corrected chi connectivity index (χ0v) is 10.1. The van der Waals surface area contributed by atoms with E-state index in [-0.39, 0.29) is 0 Å². The van der Waals surface area contributed by atoms with Crippen molar-refractivity contribution in [1.82, 2.24) is 4.98 Å². The Bertz CT molecular complexity index is 412. The maximum absolute atomic E-state index is 4.05. The topological polar surface area (TPSA) is 24.9 Å². The van der Waals surface area contributed by atoms with Gasteiger partial charge >= 0.3 is 0 Å². The van der Waals surface area contributed by atoms with Gasteiger partial charge in [0.25, 0.3) is 0 Å². The summed E-state index contributed by atoms with van der Waals surface area (Å²) in [5.74, 6) is 0. The van der Waals surface area contributed by atoms with Gasteiger partial charge in [0.15, 0.2) is 0 Å².